The smallest absolute Gasteiger partial charge is 0.0768 e. The van der Waals surface area contributed by atoms with Crippen LogP contribution in [0.2, 0.25) is 0 Å². The standard InChI is InChI=1S/C9H21NO2/c1-5-10(6-2)8(7-11)9(3,4)12/h8,11-12H,5-7H2,1-4H3. The molecule has 0 spiro atoms. The minimum Gasteiger partial charge on any atom is -0.395 e. The molecule has 0 amide bonds. The van der Waals surface area contributed by atoms with E-state index in [9.17, 15) is 5.11 Å². The van der Waals surface area contributed by atoms with Gasteiger partial charge in [-0.1, -0.05) is 13.8 Å². The Hall–Kier alpha value is -0.120. The number of aliphatic hydroxyl groups excluding tert-OH is 1. The molecule has 1 unspecified atom stereocenters. The lowest BCUT2D eigenvalue weighted by atomic mass is 9.98. The highest BCUT2D eigenvalue weighted by molar-refractivity contribution is 4.84. The number of hydrogen-bond donors (Lipinski definition) is 2. The van der Waals surface area contributed by atoms with Gasteiger partial charge in [-0.05, 0) is 26.9 Å². The van der Waals surface area contributed by atoms with Crippen LogP contribution in [-0.2, 0) is 0 Å². The molecule has 0 aliphatic carbocycles. The van der Waals surface area contributed by atoms with Gasteiger partial charge < -0.3 is 10.2 Å². The fraction of sp³-hybridized carbons (Fsp3) is 1.00. The third-order valence-electron chi connectivity index (χ3n) is 2.24. The maximum absolute atomic E-state index is 9.71. The maximum Gasteiger partial charge on any atom is 0.0768 e. The lowest BCUT2D eigenvalue weighted by Crippen LogP contribution is -2.51. The van der Waals surface area contributed by atoms with Crippen LogP contribution in [0.5, 0.6) is 0 Å². The van der Waals surface area contributed by atoms with Crippen LogP contribution in [0.1, 0.15) is 27.7 Å². The van der Waals surface area contributed by atoms with Crippen molar-refractivity contribution >= 4 is 0 Å². The largest absolute Gasteiger partial charge is 0.395 e. The van der Waals surface area contributed by atoms with E-state index in [4.69, 9.17) is 5.11 Å². The van der Waals surface area contributed by atoms with Gasteiger partial charge in [-0.15, -0.1) is 0 Å². The Balaban J connectivity index is 4.31. The highest BCUT2D eigenvalue weighted by Gasteiger charge is 2.29. The molecule has 0 aliphatic heterocycles. The van der Waals surface area contributed by atoms with Gasteiger partial charge >= 0.3 is 0 Å². The van der Waals surface area contributed by atoms with Crippen molar-refractivity contribution in [1.82, 2.24) is 4.90 Å². The third kappa shape index (κ3) is 3.09. The van der Waals surface area contributed by atoms with E-state index in [0.29, 0.717) is 0 Å². The average molecular weight is 175 g/mol. The van der Waals surface area contributed by atoms with Gasteiger partial charge in [0, 0.05) is 0 Å². The first-order valence-electron chi connectivity index (χ1n) is 4.54. The minimum absolute atomic E-state index is 0.00514. The molecule has 0 aliphatic rings. The zero-order chi connectivity index (χ0) is 9.78. The van der Waals surface area contributed by atoms with Gasteiger partial charge in [0.1, 0.15) is 0 Å². The quantitative estimate of drug-likeness (QED) is 0.638. The van der Waals surface area contributed by atoms with E-state index in [1.54, 1.807) is 13.8 Å². The van der Waals surface area contributed by atoms with Crippen LogP contribution in [-0.4, -0.2) is 46.5 Å². The Labute approximate surface area is 75.0 Å². The molecule has 12 heavy (non-hydrogen) atoms. The molecule has 0 saturated heterocycles. The number of hydrogen-bond acceptors (Lipinski definition) is 3. The zero-order valence-corrected chi connectivity index (χ0v) is 8.54. The summed E-state index contributed by atoms with van der Waals surface area (Å²) in [6.45, 7) is 9.22. The van der Waals surface area contributed by atoms with Crippen molar-refractivity contribution < 1.29 is 10.2 Å². The molecular weight excluding hydrogens is 154 g/mol. The fourth-order valence-electron chi connectivity index (χ4n) is 1.45. The van der Waals surface area contributed by atoms with Gasteiger partial charge in [0.05, 0.1) is 18.2 Å². The predicted octanol–water partition coefficient (Wildman–Crippen LogP) is 0.460. The minimum atomic E-state index is -0.833. The zero-order valence-electron chi connectivity index (χ0n) is 8.54. The summed E-state index contributed by atoms with van der Waals surface area (Å²) in [7, 11) is 0. The molecule has 3 heteroatoms. The first kappa shape index (κ1) is 11.9. The van der Waals surface area contributed by atoms with Gasteiger partial charge in [0.15, 0.2) is 0 Å². The molecule has 2 N–H and O–H groups in total. The third-order valence-corrected chi connectivity index (χ3v) is 2.24. The summed E-state index contributed by atoms with van der Waals surface area (Å²) in [4.78, 5) is 2.06. The van der Waals surface area contributed by atoms with E-state index in [0.717, 1.165) is 13.1 Å². The molecule has 0 aromatic heterocycles. The summed E-state index contributed by atoms with van der Waals surface area (Å²) in [5.74, 6) is 0. The maximum atomic E-state index is 9.71. The second kappa shape index (κ2) is 4.80. The van der Waals surface area contributed by atoms with Crippen LogP contribution in [0.3, 0.4) is 0 Å². The molecular formula is C9H21NO2. The Morgan fingerprint density at radius 3 is 1.75 bits per heavy atom. The van der Waals surface area contributed by atoms with E-state index < -0.39 is 5.60 Å². The number of rotatable bonds is 5. The fourth-order valence-corrected chi connectivity index (χ4v) is 1.45. The molecule has 0 rings (SSSR count). The molecule has 3 nitrogen and oxygen atoms in total. The molecule has 74 valence electrons. The average Bonchev–Trinajstić information content (AvgIpc) is 1.97. The van der Waals surface area contributed by atoms with Crippen LogP contribution < -0.4 is 0 Å². The molecule has 0 bridgehead atoms. The lowest BCUT2D eigenvalue weighted by molar-refractivity contribution is -0.0395. The topological polar surface area (TPSA) is 43.7 Å². The summed E-state index contributed by atoms with van der Waals surface area (Å²) in [5, 5.41) is 18.8. The Morgan fingerprint density at radius 2 is 1.67 bits per heavy atom. The van der Waals surface area contributed by atoms with Crippen molar-refractivity contribution in [3.8, 4) is 0 Å². The molecule has 0 heterocycles. The second-order valence-electron chi connectivity index (χ2n) is 3.57. The van der Waals surface area contributed by atoms with Gasteiger partial charge in [-0.25, -0.2) is 0 Å². The molecule has 0 radical (unpaired) electrons. The van der Waals surface area contributed by atoms with Crippen molar-refractivity contribution in [2.45, 2.75) is 39.3 Å². The Bertz CT molecular complexity index is 116. The van der Waals surface area contributed by atoms with Crippen molar-refractivity contribution in [2.24, 2.45) is 0 Å². The van der Waals surface area contributed by atoms with Gasteiger partial charge in [0.25, 0.3) is 0 Å². The van der Waals surface area contributed by atoms with Crippen molar-refractivity contribution in [2.75, 3.05) is 19.7 Å². The first-order chi connectivity index (χ1) is 5.47. The predicted molar refractivity (Wildman–Crippen MR) is 50.1 cm³/mol. The van der Waals surface area contributed by atoms with E-state index >= 15 is 0 Å². The van der Waals surface area contributed by atoms with Crippen molar-refractivity contribution in [1.29, 1.82) is 0 Å². The molecule has 1 atom stereocenters. The Morgan fingerprint density at radius 1 is 1.25 bits per heavy atom. The van der Waals surface area contributed by atoms with E-state index in [1.807, 2.05) is 13.8 Å². The van der Waals surface area contributed by atoms with Crippen LogP contribution in [0.4, 0.5) is 0 Å². The van der Waals surface area contributed by atoms with Crippen LogP contribution >= 0.6 is 0 Å². The van der Waals surface area contributed by atoms with Gasteiger partial charge in [-0.2, -0.15) is 0 Å². The Kier molecular flexibility index (Phi) is 4.75. The molecule has 0 aromatic carbocycles. The lowest BCUT2D eigenvalue weighted by Gasteiger charge is -2.36. The highest BCUT2D eigenvalue weighted by atomic mass is 16.3. The second-order valence-corrected chi connectivity index (χ2v) is 3.57. The van der Waals surface area contributed by atoms with Crippen LogP contribution in [0, 0.1) is 0 Å². The van der Waals surface area contributed by atoms with E-state index in [2.05, 4.69) is 4.90 Å². The first-order valence-corrected chi connectivity index (χ1v) is 4.54. The summed E-state index contributed by atoms with van der Waals surface area (Å²) in [5.41, 5.74) is -0.833. The number of aliphatic hydroxyl groups is 2. The summed E-state index contributed by atoms with van der Waals surface area (Å²) in [6, 6.07) is -0.160. The van der Waals surface area contributed by atoms with Crippen LogP contribution in [0.15, 0.2) is 0 Å². The highest BCUT2D eigenvalue weighted by Crippen LogP contribution is 2.14. The summed E-state index contributed by atoms with van der Waals surface area (Å²) < 4.78 is 0. The molecule has 0 aromatic rings. The normalized spacial score (nSPS) is 15.2. The summed E-state index contributed by atoms with van der Waals surface area (Å²) >= 11 is 0. The molecule has 0 saturated carbocycles. The van der Waals surface area contributed by atoms with Gasteiger partial charge in [0.2, 0.25) is 0 Å². The number of nitrogens with zero attached hydrogens (tertiary/aromatic N) is 1. The molecule has 0 fully saturated rings. The van der Waals surface area contributed by atoms with Crippen molar-refractivity contribution in [3.63, 3.8) is 0 Å². The van der Waals surface area contributed by atoms with E-state index in [1.165, 1.54) is 0 Å². The van der Waals surface area contributed by atoms with Crippen molar-refractivity contribution in [3.05, 3.63) is 0 Å². The monoisotopic (exact) mass is 175 g/mol. The summed E-state index contributed by atoms with van der Waals surface area (Å²) in [6.07, 6.45) is 0. The number of likely N-dealkylation sites (N-methyl/N-ethyl adjacent to an activating group) is 1. The van der Waals surface area contributed by atoms with Gasteiger partial charge in [-0.3, -0.25) is 4.90 Å². The van der Waals surface area contributed by atoms with Crippen LogP contribution in [0.25, 0.3) is 0 Å². The SMILES string of the molecule is CCN(CC)C(CO)C(C)(C)O. The van der Waals surface area contributed by atoms with E-state index in [-0.39, 0.29) is 12.6 Å².